The summed E-state index contributed by atoms with van der Waals surface area (Å²) in [5.41, 5.74) is 1.15. The van der Waals surface area contributed by atoms with Gasteiger partial charge in [-0.3, -0.25) is 0 Å². The Labute approximate surface area is 119 Å². The Hall–Kier alpha value is -0.970. The van der Waals surface area contributed by atoms with E-state index in [2.05, 4.69) is 0 Å². The Morgan fingerprint density at radius 1 is 1.39 bits per heavy atom. The molecule has 0 aliphatic heterocycles. The summed E-state index contributed by atoms with van der Waals surface area (Å²) in [6, 6.07) is 9.37. The van der Waals surface area contributed by atoms with E-state index in [0.29, 0.717) is 5.56 Å². The number of thioether (sulfide) groups is 1. The van der Waals surface area contributed by atoms with Crippen LogP contribution in [-0.4, -0.2) is 11.1 Å². The molecule has 2 aromatic rings. The molecule has 0 amide bonds. The largest absolute Gasteiger partial charge is 0.478 e. The second-order valence-electron chi connectivity index (χ2n) is 3.78. The third-order valence-electron chi connectivity index (χ3n) is 2.45. The number of hydrogen-bond acceptors (Lipinski definition) is 3. The molecule has 0 bridgehead atoms. The zero-order valence-electron chi connectivity index (χ0n) is 9.64. The number of carbonyl (C=O) groups is 1. The summed E-state index contributed by atoms with van der Waals surface area (Å²) in [4.78, 5) is 13.2. The van der Waals surface area contributed by atoms with E-state index in [4.69, 9.17) is 16.7 Å². The average molecular weight is 299 g/mol. The van der Waals surface area contributed by atoms with Crippen LogP contribution in [0.5, 0.6) is 0 Å². The van der Waals surface area contributed by atoms with Gasteiger partial charge in [-0.1, -0.05) is 17.7 Å². The van der Waals surface area contributed by atoms with Crippen molar-refractivity contribution in [3.8, 4) is 0 Å². The van der Waals surface area contributed by atoms with Crippen molar-refractivity contribution in [2.75, 3.05) is 0 Å². The Bertz CT molecular complexity index is 578. The fourth-order valence-corrected chi connectivity index (χ4v) is 3.57. The van der Waals surface area contributed by atoms with E-state index < -0.39 is 5.97 Å². The summed E-state index contributed by atoms with van der Waals surface area (Å²) in [5, 5.41) is 9.05. The molecule has 0 radical (unpaired) electrons. The van der Waals surface area contributed by atoms with Crippen LogP contribution >= 0.6 is 34.7 Å². The molecule has 5 heteroatoms. The fourth-order valence-electron chi connectivity index (χ4n) is 1.51. The predicted octanol–water partition coefficient (Wildman–Crippen LogP) is 4.70. The highest BCUT2D eigenvalue weighted by Crippen LogP contribution is 2.29. The lowest BCUT2D eigenvalue weighted by molar-refractivity contribution is 0.0696. The lowest BCUT2D eigenvalue weighted by Gasteiger charge is -2.04. The zero-order valence-corrected chi connectivity index (χ0v) is 12.0. The maximum Gasteiger partial charge on any atom is 0.335 e. The first-order valence-electron chi connectivity index (χ1n) is 5.27. The summed E-state index contributed by atoms with van der Waals surface area (Å²) in [6.07, 6.45) is 0. The van der Waals surface area contributed by atoms with Gasteiger partial charge in [-0.15, -0.1) is 23.1 Å². The van der Waals surface area contributed by atoms with E-state index in [0.717, 1.165) is 20.5 Å². The molecule has 94 valence electrons. The first kappa shape index (κ1) is 13.5. The quantitative estimate of drug-likeness (QED) is 0.831. The molecule has 2 rings (SSSR count). The first-order valence-corrected chi connectivity index (χ1v) is 7.45. The summed E-state index contributed by atoms with van der Waals surface area (Å²) in [6.45, 7) is 1.80. The molecule has 0 saturated heterocycles. The third kappa shape index (κ3) is 3.28. The van der Waals surface area contributed by atoms with E-state index in [-0.39, 0.29) is 0 Å². The van der Waals surface area contributed by atoms with Crippen LogP contribution in [-0.2, 0) is 5.75 Å². The Morgan fingerprint density at radius 3 is 2.78 bits per heavy atom. The topological polar surface area (TPSA) is 37.3 Å². The Balaban J connectivity index is 2.10. The van der Waals surface area contributed by atoms with Gasteiger partial charge in [0.2, 0.25) is 0 Å². The lowest BCUT2D eigenvalue weighted by atomic mass is 10.1. The maximum atomic E-state index is 11.0. The van der Waals surface area contributed by atoms with Crippen LogP contribution < -0.4 is 0 Å². The molecule has 1 N–H and O–H groups in total. The molecule has 0 atom stereocenters. The van der Waals surface area contributed by atoms with Gasteiger partial charge in [-0.25, -0.2) is 4.79 Å². The van der Waals surface area contributed by atoms with Gasteiger partial charge < -0.3 is 5.11 Å². The van der Waals surface area contributed by atoms with Gasteiger partial charge in [-0.05, 0) is 36.8 Å². The number of benzene rings is 1. The number of carboxylic acid groups (broad SMARTS) is 1. The number of thiophene rings is 1. The molecule has 1 aromatic heterocycles. The molecule has 1 aromatic carbocycles. The van der Waals surface area contributed by atoms with E-state index in [1.54, 1.807) is 36.1 Å². The SMILES string of the molecule is Cc1ccc(SCc2ccc(Cl)s2)cc1C(=O)O. The van der Waals surface area contributed by atoms with Gasteiger partial charge in [0.25, 0.3) is 0 Å². The highest BCUT2D eigenvalue weighted by atomic mass is 35.5. The molecule has 0 aliphatic rings. The minimum Gasteiger partial charge on any atom is -0.478 e. The van der Waals surface area contributed by atoms with Crippen molar-refractivity contribution >= 4 is 40.7 Å². The predicted molar refractivity (Wildman–Crippen MR) is 77.0 cm³/mol. The van der Waals surface area contributed by atoms with Crippen molar-refractivity contribution in [3.05, 3.63) is 50.7 Å². The Morgan fingerprint density at radius 2 is 2.17 bits per heavy atom. The van der Waals surface area contributed by atoms with Gasteiger partial charge in [0.05, 0.1) is 9.90 Å². The van der Waals surface area contributed by atoms with E-state index in [1.165, 1.54) is 4.88 Å². The molecule has 0 spiro atoms. The third-order valence-corrected chi connectivity index (χ3v) is 4.91. The molecule has 2 nitrogen and oxygen atoms in total. The zero-order chi connectivity index (χ0) is 13.1. The summed E-state index contributed by atoms with van der Waals surface area (Å²) in [7, 11) is 0. The van der Waals surface area contributed by atoms with Gasteiger partial charge in [0.15, 0.2) is 0 Å². The van der Waals surface area contributed by atoms with Crippen LogP contribution in [0.4, 0.5) is 0 Å². The van der Waals surface area contributed by atoms with Crippen LogP contribution in [0.1, 0.15) is 20.8 Å². The van der Waals surface area contributed by atoms with Crippen LogP contribution in [0.2, 0.25) is 4.34 Å². The van der Waals surface area contributed by atoms with Crippen LogP contribution in [0, 0.1) is 6.92 Å². The van der Waals surface area contributed by atoms with E-state index >= 15 is 0 Å². The van der Waals surface area contributed by atoms with Gasteiger partial charge in [-0.2, -0.15) is 0 Å². The number of hydrogen-bond donors (Lipinski definition) is 1. The molecule has 0 fully saturated rings. The molecule has 1 heterocycles. The monoisotopic (exact) mass is 298 g/mol. The maximum absolute atomic E-state index is 11.0. The molecular weight excluding hydrogens is 288 g/mol. The van der Waals surface area contributed by atoms with Crippen molar-refractivity contribution in [3.63, 3.8) is 0 Å². The van der Waals surface area contributed by atoms with Crippen LogP contribution in [0.3, 0.4) is 0 Å². The van der Waals surface area contributed by atoms with Gasteiger partial charge in [0, 0.05) is 15.5 Å². The molecular formula is C13H11ClO2S2. The molecule has 0 aliphatic carbocycles. The standard InChI is InChI=1S/C13H11ClO2S2/c1-8-2-3-9(6-11(8)13(15)16)17-7-10-4-5-12(14)18-10/h2-6H,7H2,1H3,(H,15,16). The van der Waals surface area contributed by atoms with Crippen molar-refractivity contribution in [1.29, 1.82) is 0 Å². The van der Waals surface area contributed by atoms with E-state index in [9.17, 15) is 4.79 Å². The second kappa shape index (κ2) is 5.78. The smallest absolute Gasteiger partial charge is 0.335 e. The fraction of sp³-hybridized carbons (Fsp3) is 0.154. The van der Waals surface area contributed by atoms with Crippen LogP contribution in [0.15, 0.2) is 35.2 Å². The van der Waals surface area contributed by atoms with Gasteiger partial charge in [0.1, 0.15) is 0 Å². The number of aromatic carboxylic acids is 1. The van der Waals surface area contributed by atoms with E-state index in [1.807, 2.05) is 24.3 Å². The molecule has 0 saturated carbocycles. The minimum atomic E-state index is -0.880. The number of halogens is 1. The highest BCUT2D eigenvalue weighted by molar-refractivity contribution is 7.98. The van der Waals surface area contributed by atoms with Crippen molar-refractivity contribution in [1.82, 2.24) is 0 Å². The number of rotatable bonds is 4. The number of carboxylic acids is 1. The lowest BCUT2D eigenvalue weighted by Crippen LogP contribution is -1.99. The Kier molecular flexibility index (Phi) is 4.32. The van der Waals surface area contributed by atoms with Crippen molar-refractivity contribution in [2.24, 2.45) is 0 Å². The van der Waals surface area contributed by atoms with Crippen LogP contribution in [0.25, 0.3) is 0 Å². The molecule has 18 heavy (non-hydrogen) atoms. The average Bonchev–Trinajstić information content (AvgIpc) is 2.74. The van der Waals surface area contributed by atoms with Crippen molar-refractivity contribution in [2.45, 2.75) is 17.6 Å². The second-order valence-corrected chi connectivity index (χ2v) is 6.62. The highest BCUT2D eigenvalue weighted by Gasteiger charge is 2.08. The van der Waals surface area contributed by atoms with Gasteiger partial charge >= 0.3 is 5.97 Å². The minimum absolute atomic E-state index is 0.365. The van der Waals surface area contributed by atoms with Crippen molar-refractivity contribution < 1.29 is 9.90 Å². The summed E-state index contributed by atoms with van der Waals surface area (Å²) in [5.74, 6) is -0.0754. The summed E-state index contributed by atoms with van der Waals surface area (Å²) >= 11 is 9.03. The normalized spacial score (nSPS) is 10.6. The first-order chi connectivity index (χ1) is 8.56. The molecule has 0 unspecified atom stereocenters. The summed E-state index contributed by atoms with van der Waals surface area (Å²) < 4.78 is 0.778. The number of aryl methyl sites for hydroxylation is 1.